The van der Waals surface area contributed by atoms with E-state index < -0.39 is 11.9 Å². The molecule has 8 nitrogen and oxygen atoms in total. The first-order valence-corrected chi connectivity index (χ1v) is 12.3. The molecule has 2 N–H and O–H groups in total. The summed E-state index contributed by atoms with van der Waals surface area (Å²) in [4.78, 5) is 37.1. The molecule has 0 fully saturated rings. The average molecular weight is 522 g/mol. The van der Waals surface area contributed by atoms with E-state index in [9.17, 15) is 14.4 Å². The number of ether oxygens (including phenoxy) is 2. The molecule has 4 aromatic rings. The van der Waals surface area contributed by atoms with Gasteiger partial charge in [0.2, 0.25) is 5.91 Å². The van der Waals surface area contributed by atoms with Gasteiger partial charge in [-0.15, -0.1) is 0 Å². The van der Waals surface area contributed by atoms with Crippen molar-refractivity contribution in [1.82, 2.24) is 5.43 Å². The van der Waals surface area contributed by atoms with Crippen molar-refractivity contribution in [3.8, 4) is 11.5 Å². The van der Waals surface area contributed by atoms with E-state index in [2.05, 4.69) is 15.8 Å². The third-order valence-corrected chi connectivity index (χ3v) is 5.50. The van der Waals surface area contributed by atoms with E-state index in [4.69, 9.17) is 9.47 Å². The molecule has 0 spiro atoms. The molecule has 0 atom stereocenters. The number of amides is 2. The molecule has 0 aromatic heterocycles. The lowest BCUT2D eigenvalue weighted by molar-refractivity contribution is -0.115. The van der Waals surface area contributed by atoms with Crippen molar-refractivity contribution in [1.29, 1.82) is 0 Å². The Hall–Kier alpha value is -5.24. The van der Waals surface area contributed by atoms with Crippen LogP contribution in [-0.4, -0.2) is 30.6 Å². The second kappa shape index (κ2) is 13.3. The number of carbonyl (C=O) groups is 3. The maximum absolute atomic E-state index is 12.5. The van der Waals surface area contributed by atoms with Gasteiger partial charge in [0.1, 0.15) is 0 Å². The third kappa shape index (κ3) is 7.87. The highest BCUT2D eigenvalue weighted by Crippen LogP contribution is 2.29. The summed E-state index contributed by atoms with van der Waals surface area (Å²) in [7, 11) is 0. The molecule has 0 saturated carbocycles. The van der Waals surface area contributed by atoms with Crippen LogP contribution in [-0.2, 0) is 11.2 Å². The van der Waals surface area contributed by atoms with Gasteiger partial charge in [-0.05, 0) is 72.6 Å². The topological polar surface area (TPSA) is 106 Å². The maximum atomic E-state index is 12.5. The second-order valence-corrected chi connectivity index (χ2v) is 8.38. The largest absolute Gasteiger partial charge is 0.490 e. The molecule has 2 amide bonds. The van der Waals surface area contributed by atoms with Crippen LogP contribution in [0.4, 0.5) is 5.69 Å². The molecule has 0 radical (unpaired) electrons. The number of esters is 1. The highest BCUT2D eigenvalue weighted by Gasteiger charge is 2.13. The summed E-state index contributed by atoms with van der Waals surface area (Å²) in [6.07, 6.45) is 1.72. The van der Waals surface area contributed by atoms with E-state index in [-0.39, 0.29) is 18.1 Å². The highest BCUT2D eigenvalue weighted by molar-refractivity contribution is 5.97. The van der Waals surface area contributed by atoms with Crippen molar-refractivity contribution in [3.05, 3.63) is 125 Å². The predicted octanol–water partition coefficient (Wildman–Crippen LogP) is 5.25. The number of benzene rings is 4. The lowest BCUT2D eigenvalue weighted by atomic mass is 10.1. The first-order valence-electron chi connectivity index (χ1n) is 12.3. The van der Waals surface area contributed by atoms with Gasteiger partial charge in [-0.2, -0.15) is 5.10 Å². The molecule has 0 aliphatic heterocycles. The number of carbonyl (C=O) groups excluding carboxylic acids is 3. The van der Waals surface area contributed by atoms with E-state index >= 15 is 0 Å². The molecular weight excluding hydrogens is 494 g/mol. The molecule has 0 aliphatic rings. The zero-order valence-electron chi connectivity index (χ0n) is 21.3. The monoisotopic (exact) mass is 521 g/mol. The van der Waals surface area contributed by atoms with Gasteiger partial charge >= 0.3 is 5.97 Å². The molecule has 0 heterocycles. The molecule has 39 heavy (non-hydrogen) atoms. The van der Waals surface area contributed by atoms with Gasteiger partial charge in [-0.3, -0.25) is 9.59 Å². The summed E-state index contributed by atoms with van der Waals surface area (Å²) >= 11 is 0. The minimum Gasteiger partial charge on any atom is -0.490 e. The lowest BCUT2D eigenvalue weighted by Gasteiger charge is -2.11. The first-order chi connectivity index (χ1) is 19.0. The van der Waals surface area contributed by atoms with Crippen molar-refractivity contribution < 1.29 is 23.9 Å². The van der Waals surface area contributed by atoms with E-state index in [1.807, 2.05) is 43.3 Å². The molecule has 0 saturated heterocycles. The standard InChI is InChI=1S/C31H27N3O5/c1-2-38-28-19-23(13-18-27(28)39-31(37)25-11-7-4-8-12-25)21-32-34-30(36)24-14-16-26(17-15-24)33-29(35)20-22-9-5-3-6-10-22/h3-19,21H,2,20H2,1H3,(H,33,35)(H,34,36)/b32-21-. The van der Waals surface area contributed by atoms with Gasteiger partial charge in [-0.1, -0.05) is 48.5 Å². The van der Waals surface area contributed by atoms with Crippen LogP contribution in [0.25, 0.3) is 0 Å². The number of anilines is 1. The minimum atomic E-state index is -0.494. The Morgan fingerprint density at radius 3 is 2.18 bits per heavy atom. The van der Waals surface area contributed by atoms with Crippen LogP contribution in [0.1, 0.15) is 38.8 Å². The smallest absolute Gasteiger partial charge is 0.343 e. The van der Waals surface area contributed by atoms with Crippen LogP contribution >= 0.6 is 0 Å². The van der Waals surface area contributed by atoms with E-state index in [0.29, 0.717) is 34.7 Å². The van der Waals surface area contributed by atoms with Gasteiger partial charge in [0.25, 0.3) is 5.91 Å². The number of nitrogens with zero attached hydrogens (tertiary/aromatic N) is 1. The molecule has 4 aromatic carbocycles. The maximum Gasteiger partial charge on any atom is 0.343 e. The summed E-state index contributed by atoms with van der Waals surface area (Å²) in [6, 6.07) is 29.6. The van der Waals surface area contributed by atoms with Crippen molar-refractivity contribution in [3.63, 3.8) is 0 Å². The normalized spacial score (nSPS) is 10.6. The molecule has 4 rings (SSSR count). The van der Waals surface area contributed by atoms with Gasteiger partial charge in [-0.25, -0.2) is 10.2 Å². The van der Waals surface area contributed by atoms with Crippen LogP contribution in [0.2, 0.25) is 0 Å². The Balaban J connectivity index is 1.33. The summed E-state index contributed by atoms with van der Waals surface area (Å²) in [5, 5.41) is 6.84. The van der Waals surface area contributed by atoms with Crippen molar-refractivity contribution in [2.45, 2.75) is 13.3 Å². The van der Waals surface area contributed by atoms with E-state index in [0.717, 1.165) is 5.56 Å². The van der Waals surface area contributed by atoms with Crippen LogP contribution in [0, 0.1) is 0 Å². The molecular formula is C31H27N3O5. The van der Waals surface area contributed by atoms with Crippen LogP contribution < -0.4 is 20.2 Å². The van der Waals surface area contributed by atoms with Crippen molar-refractivity contribution in [2.24, 2.45) is 5.10 Å². The SMILES string of the molecule is CCOc1cc(/C=N\NC(=O)c2ccc(NC(=O)Cc3ccccc3)cc2)ccc1OC(=O)c1ccccc1. The second-order valence-electron chi connectivity index (χ2n) is 8.38. The number of hydrazone groups is 1. The van der Waals surface area contributed by atoms with Gasteiger partial charge in [0.05, 0.1) is 24.8 Å². The van der Waals surface area contributed by atoms with Crippen molar-refractivity contribution in [2.75, 3.05) is 11.9 Å². The number of hydrogen-bond donors (Lipinski definition) is 2. The zero-order valence-corrected chi connectivity index (χ0v) is 21.3. The minimum absolute atomic E-state index is 0.143. The highest BCUT2D eigenvalue weighted by atomic mass is 16.6. The third-order valence-electron chi connectivity index (χ3n) is 5.50. The molecule has 0 aliphatic carbocycles. The molecule has 8 heteroatoms. The Bertz CT molecular complexity index is 1450. The van der Waals surface area contributed by atoms with E-state index in [1.54, 1.807) is 66.7 Å². The summed E-state index contributed by atoms with van der Waals surface area (Å²) in [5.41, 5.74) is 5.43. The van der Waals surface area contributed by atoms with E-state index in [1.165, 1.54) is 6.21 Å². The summed E-state index contributed by atoms with van der Waals surface area (Å²) in [5.74, 6) is -0.390. The van der Waals surface area contributed by atoms with Gasteiger partial charge in [0.15, 0.2) is 11.5 Å². The fourth-order valence-corrected chi connectivity index (χ4v) is 3.61. The number of rotatable bonds is 10. The average Bonchev–Trinajstić information content (AvgIpc) is 2.95. The Morgan fingerprint density at radius 2 is 1.49 bits per heavy atom. The van der Waals surface area contributed by atoms with Gasteiger partial charge in [0, 0.05) is 11.3 Å². The summed E-state index contributed by atoms with van der Waals surface area (Å²) in [6.45, 7) is 2.19. The Morgan fingerprint density at radius 1 is 0.795 bits per heavy atom. The predicted molar refractivity (Wildman–Crippen MR) is 149 cm³/mol. The van der Waals surface area contributed by atoms with Gasteiger partial charge < -0.3 is 14.8 Å². The molecule has 0 bridgehead atoms. The lowest BCUT2D eigenvalue weighted by Crippen LogP contribution is -2.18. The Kier molecular flexibility index (Phi) is 9.18. The number of nitrogens with one attached hydrogen (secondary N) is 2. The first kappa shape index (κ1) is 26.8. The Labute approximate surface area is 226 Å². The summed E-state index contributed by atoms with van der Waals surface area (Å²) < 4.78 is 11.1. The quantitative estimate of drug-likeness (QED) is 0.128. The van der Waals surface area contributed by atoms with Crippen LogP contribution in [0.3, 0.4) is 0 Å². The number of hydrogen-bond acceptors (Lipinski definition) is 6. The molecule has 196 valence electrons. The zero-order chi connectivity index (χ0) is 27.5. The van der Waals surface area contributed by atoms with Crippen LogP contribution in [0.5, 0.6) is 11.5 Å². The van der Waals surface area contributed by atoms with Crippen molar-refractivity contribution >= 4 is 29.7 Å². The molecule has 0 unspecified atom stereocenters. The fourth-order valence-electron chi connectivity index (χ4n) is 3.61. The van der Waals surface area contributed by atoms with Crippen LogP contribution in [0.15, 0.2) is 108 Å². The fraction of sp³-hybridized carbons (Fsp3) is 0.0968.